The Hall–Kier alpha value is -3.42. The van der Waals surface area contributed by atoms with Crippen LogP contribution in [-0.4, -0.2) is 34.5 Å². The second-order valence-corrected chi connectivity index (χ2v) is 12.7. The Bertz CT molecular complexity index is 1610. The molecular formula is C31H34N4O2S. The van der Waals surface area contributed by atoms with Crippen molar-refractivity contribution in [3.63, 3.8) is 0 Å². The normalized spacial score (nSPS) is 14.8. The highest BCUT2D eigenvalue weighted by atomic mass is 32.1. The quantitative estimate of drug-likeness (QED) is 0.226. The standard InChI is InChI=1S/C31H34N4O2S/c1-30(2,3)28-17-24(34-37-28)15-25(36)13-20-5-7-21(8-6-20)22-14-29-35(18-22)26-10-9-23(16-27(26)38-29)33-19-31(32-4)11-12-31/h5-10,14,16-18,32-33H,11-13,15,19H2,1-4H3. The van der Waals surface area contributed by atoms with Crippen LogP contribution in [0.4, 0.5) is 5.69 Å². The SMILES string of the molecule is CNC1(CNc2ccc3c(c2)sc2cc(-c4ccc(CC(=O)Cc5cc(C(C)(C)C)on5)cc4)cn23)CC1. The number of aromatic nitrogens is 2. The van der Waals surface area contributed by atoms with Gasteiger partial charge < -0.3 is 19.6 Å². The zero-order valence-electron chi connectivity index (χ0n) is 22.4. The molecule has 0 unspecified atom stereocenters. The van der Waals surface area contributed by atoms with Crippen LogP contribution in [0.25, 0.3) is 26.2 Å². The number of ketones is 1. The number of hydrogen-bond donors (Lipinski definition) is 2. The van der Waals surface area contributed by atoms with Crippen molar-refractivity contribution in [2.45, 2.75) is 57.4 Å². The number of Topliss-reactive ketones (excluding diaryl/α,β-unsaturated/α-hetero) is 1. The lowest BCUT2D eigenvalue weighted by atomic mass is 9.93. The molecule has 0 spiro atoms. The molecular weight excluding hydrogens is 492 g/mol. The van der Waals surface area contributed by atoms with Crippen LogP contribution < -0.4 is 10.6 Å². The van der Waals surface area contributed by atoms with Gasteiger partial charge in [0.05, 0.1) is 22.3 Å². The largest absolute Gasteiger partial charge is 0.383 e. The van der Waals surface area contributed by atoms with Crippen molar-refractivity contribution in [1.29, 1.82) is 0 Å². The summed E-state index contributed by atoms with van der Waals surface area (Å²) in [5.74, 6) is 0.938. The van der Waals surface area contributed by atoms with E-state index >= 15 is 0 Å². The van der Waals surface area contributed by atoms with Gasteiger partial charge in [0.25, 0.3) is 0 Å². The van der Waals surface area contributed by atoms with Crippen molar-refractivity contribution >= 4 is 37.9 Å². The number of thiazole rings is 1. The second kappa shape index (κ2) is 9.40. The zero-order valence-corrected chi connectivity index (χ0v) is 23.2. The van der Waals surface area contributed by atoms with Gasteiger partial charge in [0.2, 0.25) is 0 Å². The molecule has 0 radical (unpaired) electrons. The van der Waals surface area contributed by atoms with Crippen molar-refractivity contribution in [2.24, 2.45) is 0 Å². The van der Waals surface area contributed by atoms with E-state index in [4.69, 9.17) is 4.52 Å². The summed E-state index contributed by atoms with van der Waals surface area (Å²) in [4.78, 5) is 13.9. The van der Waals surface area contributed by atoms with Crippen molar-refractivity contribution in [3.8, 4) is 11.1 Å². The first-order valence-electron chi connectivity index (χ1n) is 13.3. The van der Waals surface area contributed by atoms with E-state index in [9.17, 15) is 4.79 Å². The second-order valence-electron chi connectivity index (χ2n) is 11.6. The fraction of sp³-hybridized carbons (Fsp3) is 0.355. The van der Waals surface area contributed by atoms with Crippen LogP contribution in [0, 0.1) is 0 Å². The van der Waals surface area contributed by atoms with E-state index in [1.807, 2.05) is 24.5 Å². The smallest absolute Gasteiger partial charge is 0.143 e. The first kappa shape index (κ1) is 24.9. The number of rotatable bonds is 9. The first-order chi connectivity index (χ1) is 18.2. The fourth-order valence-corrected chi connectivity index (χ4v) is 6.00. The average molecular weight is 527 g/mol. The maximum atomic E-state index is 12.6. The minimum Gasteiger partial charge on any atom is -0.383 e. The molecule has 1 aliphatic carbocycles. The summed E-state index contributed by atoms with van der Waals surface area (Å²) in [6.07, 6.45) is 5.36. The molecule has 0 bridgehead atoms. The monoisotopic (exact) mass is 526 g/mol. The predicted octanol–water partition coefficient (Wildman–Crippen LogP) is 6.62. The van der Waals surface area contributed by atoms with Crippen LogP contribution in [0.3, 0.4) is 0 Å². The number of likely N-dealkylation sites (N-methyl/N-ethyl adjacent to an activating group) is 1. The summed E-state index contributed by atoms with van der Waals surface area (Å²) in [6.45, 7) is 7.17. The number of benzene rings is 2. The third-order valence-corrected chi connectivity index (χ3v) is 8.67. The Labute approximate surface area is 227 Å². The van der Waals surface area contributed by atoms with Crippen molar-refractivity contribution < 1.29 is 9.32 Å². The first-order valence-corrected chi connectivity index (χ1v) is 14.1. The maximum Gasteiger partial charge on any atom is 0.143 e. The van der Waals surface area contributed by atoms with Crippen LogP contribution in [0.5, 0.6) is 0 Å². The molecule has 196 valence electrons. The summed E-state index contributed by atoms with van der Waals surface area (Å²) >= 11 is 1.81. The number of anilines is 1. The summed E-state index contributed by atoms with van der Waals surface area (Å²) in [7, 11) is 2.05. The van der Waals surface area contributed by atoms with E-state index < -0.39 is 0 Å². The van der Waals surface area contributed by atoms with Crippen LogP contribution in [0.2, 0.25) is 0 Å². The zero-order chi connectivity index (χ0) is 26.5. The number of nitrogens with one attached hydrogen (secondary N) is 2. The molecule has 0 amide bonds. The molecule has 3 aromatic heterocycles. The summed E-state index contributed by atoms with van der Waals surface area (Å²) in [5, 5.41) is 11.1. The molecule has 0 atom stereocenters. The number of carbonyl (C=O) groups is 1. The molecule has 7 heteroatoms. The van der Waals surface area contributed by atoms with Gasteiger partial charge in [-0.3, -0.25) is 4.79 Å². The molecule has 0 aliphatic heterocycles. The molecule has 2 aromatic carbocycles. The van der Waals surface area contributed by atoms with E-state index in [1.54, 1.807) is 0 Å². The number of hydrogen-bond acceptors (Lipinski definition) is 6. The Kier molecular flexibility index (Phi) is 6.16. The van der Waals surface area contributed by atoms with Crippen LogP contribution >= 0.6 is 11.3 Å². The van der Waals surface area contributed by atoms with Gasteiger partial charge in [-0.15, -0.1) is 11.3 Å². The average Bonchev–Trinajstić information content (AvgIpc) is 3.16. The molecule has 5 aromatic rings. The van der Waals surface area contributed by atoms with Gasteiger partial charge in [-0.25, -0.2) is 0 Å². The van der Waals surface area contributed by atoms with Gasteiger partial charge >= 0.3 is 0 Å². The maximum absolute atomic E-state index is 12.6. The van der Waals surface area contributed by atoms with E-state index in [0.717, 1.165) is 23.4 Å². The topological polar surface area (TPSA) is 71.6 Å². The van der Waals surface area contributed by atoms with Crippen LogP contribution in [-0.2, 0) is 23.1 Å². The van der Waals surface area contributed by atoms with Crippen LogP contribution in [0.15, 0.2) is 65.3 Å². The highest BCUT2D eigenvalue weighted by Crippen LogP contribution is 2.36. The number of nitrogens with zero attached hydrogens (tertiary/aromatic N) is 2. The van der Waals surface area contributed by atoms with Crippen molar-refractivity contribution in [2.75, 3.05) is 18.9 Å². The summed E-state index contributed by atoms with van der Waals surface area (Å²) < 4.78 is 8.97. The predicted molar refractivity (Wildman–Crippen MR) is 155 cm³/mol. The van der Waals surface area contributed by atoms with Crippen LogP contribution in [0.1, 0.15) is 50.6 Å². The Morgan fingerprint density at radius 2 is 1.84 bits per heavy atom. The Morgan fingerprint density at radius 1 is 1.05 bits per heavy atom. The molecule has 6 nitrogen and oxygen atoms in total. The molecule has 0 saturated heterocycles. The Balaban J connectivity index is 1.12. The lowest BCUT2D eigenvalue weighted by molar-refractivity contribution is -0.117. The van der Waals surface area contributed by atoms with Crippen molar-refractivity contribution in [1.82, 2.24) is 14.9 Å². The number of carbonyl (C=O) groups excluding carboxylic acids is 1. The summed E-state index contributed by atoms with van der Waals surface area (Å²) in [5.41, 5.74) is 6.60. The van der Waals surface area contributed by atoms with Gasteiger partial charge in [-0.05, 0) is 55.3 Å². The molecule has 1 fully saturated rings. The minimum absolute atomic E-state index is 0.115. The van der Waals surface area contributed by atoms with E-state index in [2.05, 4.69) is 95.7 Å². The van der Waals surface area contributed by atoms with Gasteiger partial charge in [0.1, 0.15) is 16.4 Å². The molecule has 3 heterocycles. The highest BCUT2D eigenvalue weighted by Gasteiger charge is 2.40. The van der Waals surface area contributed by atoms with E-state index in [-0.39, 0.29) is 23.2 Å². The van der Waals surface area contributed by atoms with Gasteiger partial charge in [0.15, 0.2) is 0 Å². The van der Waals surface area contributed by atoms with E-state index in [0.29, 0.717) is 12.1 Å². The fourth-order valence-electron chi connectivity index (χ4n) is 4.88. The molecule has 2 N–H and O–H groups in total. The third-order valence-electron chi connectivity index (χ3n) is 7.60. The molecule has 1 aliphatic rings. The van der Waals surface area contributed by atoms with Gasteiger partial charge in [-0.1, -0.05) is 50.2 Å². The molecule has 38 heavy (non-hydrogen) atoms. The number of fused-ring (bicyclic) bond motifs is 3. The van der Waals surface area contributed by atoms with E-state index in [1.165, 1.54) is 39.1 Å². The van der Waals surface area contributed by atoms with Crippen molar-refractivity contribution in [3.05, 3.63) is 77.8 Å². The highest BCUT2D eigenvalue weighted by molar-refractivity contribution is 7.24. The van der Waals surface area contributed by atoms with Gasteiger partial charge in [0, 0.05) is 47.4 Å². The third kappa shape index (κ3) is 5.00. The Morgan fingerprint density at radius 3 is 2.53 bits per heavy atom. The lowest BCUT2D eigenvalue weighted by Gasteiger charge is -2.15. The molecule has 6 rings (SSSR count). The summed E-state index contributed by atoms with van der Waals surface area (Å²) in [6, 6.07) is 19.1. The van der Waals surface area contributed by atoms with Gasteiger partial charge in [-0.2, -0.15) is 0 Å². The minimum atomic E-state index is -0.115. The molecule has 1 saturated carbocycles. The lowest BCUT2D eigenvalue weighted by Crippen LogP contribution is -2.34.